The van der Waals surface area contributed by atoms with Crippen LogP contribution in [0.3, 0.4) is 0 Å². The Hall–Kier alpha value is -0.0400. The molecule has 0 amide bonds. The van der Waals surface area contributed by atoms with E-state index in [0.717, 1.165) is 23.7 Å². The van der Waals surface area contributed by atoms with Crippen LogP contribution in [0.15, 0.2) is 0 Å². The summed E-state index contributed by atoms with van der Waals surface area (Å²) in [5, 5.41) is 0. The number of hydrogen-bond donors (Lipinski definition) is 0. The summed E-state index contributed by atoms with van der Waals surface area (Å²) in [6.45, 7) is 7.63. The van der Waals surface area contributed by atoms with E-state index < -0.39 is 0 Å². The lowest BCUT2D eigenvalue weighted by Gasteiger charge is -2.60. The Labute approximate surface area is 136 Å². The maximum Gasteiger partial charge on any atom is 0.100 e. The second-order valence-corrected chi connectivity index (χ2v) is 10.0. The predicted octanol–water partition coefficient (Wildman–Crippen LogP) is 5.58. The number of rotatable bonds is 0. The molecule has 0 aromatic carbocycles. The minimum Gasteiger partial charge on any atom is -0.366 e. The fourth-order valence-corrected chi connectivity index (χ4v) is 8.47. The van der Waals surface area contributed by atoms with Crippen molar-refractivity contribution in [3.8, 4) is 0 Å². The Kier molecular flexibility index (Phi) is 2.81. The molecule has 1 spiro atoms. The first-order chi connectivity index (χ1) is 10.5. The molecule has 0 bridgehead atoms. The molecule has 8 atom stereocenters. The van der Waals surface area contributed by atoms with Gasteiger partial charge in [0.05, 0.1) is 6.10 Å². The second kappa shape index (κ2) is 4.32. The van der Waals surface area contributed by atoms with E-state index in [-0.39, 0.29) is 0 Å². The van der Waals surface area contributed by atoms with E-state index in [2.05, 4.69) is 20.8 Å². The lowest BCUT2D eigenvalue weighted by atomic mass is 9.44. The standard InChI is InChI=1S/C21H34O/c1-14-21(22-14)13-10-18-16-8-7-15-6-4-5-11-19(15,2)17(16)9-12-20(18,21)3/h14-18H,4-13H2,1-3H3/t14-,15?,16-,17+,18+,19+,20+,21+/m1/s1. The summed E-state index contributed by atoms with van der Waals surface area (Å²) in [5.41, 5.74) is 1.49. The molecular weight excluding hydrogens is 268 g/mol. The minimum atomic E-state index is 0.299. The zero-order valence-corrected chi connectivity index (χ0v) is 14.9. The smallest absolute Gasteiger partial charge is 0.100 e. The number of hydrogen-bond acceptors (Lipinski definition) is 1. The highest BCUT2D eigenvalue weighted by Gasteiger charge is 2.73. The third-order valence-electron chi connectivity index (χ3n) is 9.75. The van der Waals surface area contributed by atoms with Gasteiger partial charge in [0.25, 0.3) is 0 Å². The Morgan fingerprint density at radius 3 is 2.36 bits per heavy atom. The molecule has 124 valence electrons. The molecule has 4 aliphatic carbocycles. The molecular formula is C21H34O. The van der Waals surface area contributed by atoms with Gasteiger partial charge in [-0.15, -0.1) is 0 Å². The van der Waals surface area contributed by atoms with Crippen molar-refractivity contribution in [2.75, 3.05) is 0 Å². The van der Waals surface area contributed by atoms with Crippen LogP contribution < -0.4 is 0 Å². The predicted molar refractivity (Wildman–Crippen MR) is 89.6 cm³/mol. The van der Waals surface area contributed by atoms with Gasteiger partial charge in [0.1, 0.15) is 5.60 Å². The van der Waals surface area contributed by atoms with Crippen LogP contribution in [0.2, 0.25) is 0 Å². The molecule has 4 saturated carbocycles. The molecule has 0 N–H and O–H groups in total. The Morgan fingerprint density at radius 1 is 0.818 bits per heavy atom. The van der Waals surface area contributed by atoms with Gasteiger partial charge in [-0.05, 0) is 87.4 Å². The van der Waals surface area contributed by atoms with Crippen LogP contribution in [0.1, 0.15) is 85.0 Å². The van der Waals surface area contributed by atoms with Crippen LogP contribution in [0.25, 0.3) is 0 Å². The summed E-state index contributed by atoms with van der Waals surface area (Å²) in [6.07, 6.45) is 15.5. The van der Waals surface area contributed by atoms with E-state index in [9.17, 15) is 0 Å². The van der Waals surface area contributed by atoms with E-state index in [1.807, 2.05) is 0 Å². The van der Waals surface area contributed by atoms with E-state index in [4.69, 9.17) is 4.74 Å². The molecule has 0 aromatic heterocycles. The molecule has 5 rings (SSSR count). The minimum absolute atomic E-state index is 0.299. The molecule has 5 aliphatic rings. The normalized spacial score (nSPS) is 63.1. The summed E-state index contributed by atoms with van der Waals surface area (Å²) in [6, 6.07) is 0. The first-order valence-electron chi connectivity index (χ1n) is 10.2. The first kappa shape index (κ1) is 14.3. The molecule has 1 heteroatoms. The van der Waals surface area contributed by atoms with Crippen LogP contribution >= 0.6 is 0 Å². The van der Waals surface area contributed by atoms with Crippen LogP contribution in [0, 0.1) is 34.5 Å². The van der Waals surface area contributed by atoms with Crippen LogP contribution in [0.4, 0.5) is 0 Å². The summed E-state index contributed by atoms with van der Waals surface area (Å²) in [4.78, 5) is 0. The molecule has 0 aromatic rings. The molecule has 1 nitrogen and oxygen atoms in total. The summed E-state index contributed by atoms with van der Waals surface area (Å²) < 4.78 is 6.25. The molecule has 1 aliphatic heterocycles. The molecule has 22 heavy (non-hydrogen) atoms. The molecule has 5 fully saturated rings. The highest BCUT2D eigenvalue weighted by atomic mass is 16.6. The number of fused-ring (bicyclic) bond motifs is 6. The maximum absolute atomic E-state index is 6.25. The topological polar surface area (TPSA) is 12.5 Å². The lowest BCUT2D eigenvalue weighted by molar-refractivity contribution is -0.113. The van der Waals surface area contributed by atoms with Crippen molar-refractivity contribution in [1.29, 1.82) is 0 Å². The average Bonchev–Trinajstić information content (AvgIpc) is 3.07. The van der Waals surface area contributed by atoms with Gasteiger partial charge in [-0.2, -0.15) is 0 Å². The zero-order chi connectivity index (χ0) is 15.2. The van der Waals surface area contributed by atoms with Crippen LogP contribution in [0.5, 0.6) is 0 Å². The second-order valence-electron chi connectivity index (χ2n) is 10.0. The molecule has 1 saturated heterocycles. The van der Waals surface area contributed by atoms with Crippen molar-refractivity contribution in [3.05, 3.63) is 0 Å². The third-order valence-corrected chi connectivity index (χ3v) is 9.75. The van der Waals surface area contributed by atoms with Crippen molar-refractivity contribution in [2.24, 2.45) is 34.5 Å². The Morgan fingerprint density at radius 2 is 1.59 bits per heavy atom. The van der Waals surface area contributed by atoms with Gasteiger partial charge in [0.2, 0.25) is 0 Å². The largest absolute Gasteiger partial charge is 0.366 e. The van der Waals surface area contributed by atoms with E-state index in [1.54, 1.807) is 0 Å². The third kappa shape index (κ3) is 1.51. The van der Waals surface area contributed by atoms with Gasteiger partial charge in [-0.25, -0.2) is 0 Å². The first-order valence-corrected chi connectivity index (χ1v) is 10.2. The summed E-state index contributed by atoms with van der Waals surface area (Å²) in [5.74, 6) is 4.08. The van der Waals surface area contributed by atoms with Crippen LogP contribution in [-0.4, -0.2) is 11.7 Å². The monoisotopic (exact) mass is 302 g/mol. The zero-order valence-electron chi connectivity index (χ0n) is 14.9. The summed E-state index contributed by atoms with van der Waals surface area (Å²) >= 11 is 0. The molecule has 0 radical (unpaired) electrons. The van der Waals surface area contributed by atoms with Gasteiger partial charge in [-0.1, -0.05) is 26.7 Å². The van der Waals surface area contributed by atoms with Gasteiger partial charge in [-0.3, -0.25) is 0 Å². The number of ether oxygens (including phenoxy) is 1. The van der Waals surface area contributed by atoms with Crippen molar-refractivity contribution in [2.45, 2.75) is 96.7 Å². The van der Waals surface area contributed by atoms with E-state index in [1.165, 1.54) is 64.2 Å². The summed E-state index contributed by atoms with van der Waals surface area (Å²) in [7, 11) is 0. The van der Waals surface area contributed by atoms with Crippen LogP contribution in [-0.2, 0) is 4.74 Å². The Balaban J connectivity index is 1.48. The number of epoxide rings is 1. The van der Waals surface area contributed by atoms with Crippen molar-refractivity contribution < 1.29 is 4.74 Å². The highest BCUT2D eigenvalue weighted by molar-refractivity contribution is 5.21. The molecule has 1 unspecified atom stereocenters. The Bertz CT molecular complexity index is 484. The van der Waals surface area contributed by atoms with E-state index in [0.29, 0.717) is 22.5 Å². The van der Waals surface area contributed by atoms with E-state index >= 15 is 0 Å². The fourth-order valence-electron chi connectivity index (χ4n) is 8.47. The van der Waals surface area contributed by atoms with Crippen molar-refractivity contribution >= 4 is 0 Å². The van der Waals surface area contributed by atoms with Gasteiger partial charge in [0, 0.05) is 5.41 Å². The van der Waals surface area contributed by atoms with Gasteiger partial charge in [0.15, 0.2) is 0 Å². The molecule has 1 heterocycles. The van der Waals surface area contributed by atoms with Gasteiger partial charge >= 0.3 is 0 Å². The maximum atomic E-state index is 6.25. The van der Waals surface area contributed by atoms with Gasteiger partial charge < -0.3 is 4.74 Å². The van der Waals surface area contributed by atoms with Crippen molar-refractivity contribution in [3.63, 3.8) is 0 Å². The SMILES string of the molecule is C[C@H]1O[C@@]12CC[C@H]1[C@@H]3CCC4CCCC[C@]4(C)[C@H]3CC[C@@]12C. The average molecular weight is 303 g/mol. The quantitative estimate of drug-likeness (QED) is 0.532. The fraction of sp³-hybridized carbons (Fsp3) is 1.00. The van der Waals surface area contributed by atoms with Crippen molar-refractivity contribution in [1.82, 2.24) is 0 Å². The highest BCUT2D eigenvalue weighted by Crippen LogP contribution is 2.72. The lowest BCUT2D eigenvalue weighted by Crippen LogP contribution is -2.54.